The molecule has 3 aromatic rings. The summed E-state index contributed by atoms with van der Waals surface area (Å²) < 4.78 is 12.3. The summed E-state index contributed by atoms with van der Waals surface area (Å²) >= 11 is 5.10. The molecule has 0 spiro atoms. The van der Waals surface area contributed by atoms with E-state index in [4.69, 9.17) is 20.2 Å². The van der Waals surface area contributed by atoms with Crippen LogP contribution in [0.1, 0.15) is 35.2 Å². The van der Waals surface area contributed by atoms with E-state index in [-0.39, 0.29) is 35.1 Å². The average Bonchev–Trinajstić information content (AvgIpc) is 3.50. The van der Waals surface area contributed by atoms with Crippen LogP contribution < -0.4 is 5.73 Å². The van der Waals surface area contributed by atoms with Gasteiger partial charge >= 0.3 is 5.97 Å². The van der Waals surface area contributed by atoms with Crippen molar-refractivity contribution >= 4 is 51.7 Å². The van der Waals surface area contributed by atoms with Gasteiger partial charge in [0.2, 0.25) is 5.88 Å². The largest absolute Gasteiger partial charge is 0.463 e. The number of hydrogen-bond donors (Lipinski definition) is 1. The molecule has 2 aliphatic heterocycles. The molecular formula is C30H26IN5O3S2. The van der Waals surface area contributed by atoms with Gasteiger partial charge in [-0.05, 0) is 65.2 Å². The molecule has 1 aromatic carbocycles. The zero-order valence-corrected chi connectivity index (χ0v) is 26.2. The number of hydrogen-bond acceptors (Lipinski definition) is 10. The van der Waals surface area contributed by atoms with Gasteiger partial charge in [0.15, 0.2) is 0 Å². The summed E-state index contributed by atoms with van der Waals surface area (Å²) in [5.74, 6) is -0.926. The van der Waals surface area contributed by atoms with E-state index in [0.717, 1.165) is 43.8 Å². The van der Waals surface area contributed by atoms with Crippen molar-refractivity contribution in [1.82, 2.24) is 9.88 Å². The van der Waals surface area contributed by atoms with Gasteiger partial charge in [0.1, 0.15) is 28.5 Å². The van der Waals surface area contributed by atoms with Gasteiger partial charge in [-0.3, -0.25) is 0 Å². The third kappa shape index (κ3) is 5.72. The third-order valence-electron chi connectivity index (χ3n) is 6.94. The Kier molecular flexibility index (Phi) is 9.00. The maximum Gasteiger partial charge on any atom is 0.338 e. The van der Waals surface area contributed by atoms with Crippen LogP contribution >= 0.6 is 45.7 Å². The maximum atomic E-state index is 13.4. The van der Waals surface area contributed by atoms with Gasteiger partial charge in [0.25, 0.3) is 0 Å². The number of nitrogens with zero attached hydrogens (tertiary/aromatic N) is 4. The Morgan fingerprint density at radius 3 is 2.78 bits per heavy atom. The number of carbonyl (C=O) groups excluding carboxylic acids is 1. The molecule has 0 amide bonds. The first-order valence-electron chi connectivity index (χ1n) is 12.9. The maximum absolute atomic E-state index is 13.4. The molecule has 0 fully saturated rings. The Balaban J connectivity index is 1.62. The zero-order chi connectivity index (χ0) is 29.1. The van der Waals surface area contributed by atoms with E-state index >= 15 is 0 Å². The first-order valence-corrected chi connectivity index (χ1v) is 15.9. The molecule has 41 heavy (non-hydrogen) atoms. The Labute approximate surface area is 260 Å². The van der Waals surface area contributed by atoms with Gasteiger partial charge in [-0.1, -0.05) is 36.0 Å². The molecule has 0 saturated heterocycles. The number of fused-ring (bicyclic) bond motifs is 1. The zero-order valence-electron chi connectivity index (χ0n) is 22.4. The summed E-state index contributed by atoms with van der Waals surface area (Å²) in [4.78, 5) is 21.6. The molecule has 0 radical (unpaired) electrons. The SMILES string of the molecule is CCOC(=O)C1=C(CSc2nc3c(c(-c4cccs4)c2C#N)CN(C)CC3)OC(N)=C(C#N)[C@H]1c1ccccc1I. The quantitative estimate of drug-likeness (QED) is 0.189. The molecule has 1 atom stereocenters. The number of pyridine rings is 1. The van der Waals surface area contributed by atoms with Crippen molar-refractivity contribution in [2.24, 2.45) is 5.73 Å². The molecule has 0 bridgehead atoms. The number of aromatic nitrogens is 1. The third-order valence-corrected chi connectivity index (χ3v) is 9.78. The number of likely N-dealkylation sites (N-methyl/N-ethyl adjacent to an activating group) is 1. The number of thiophene rings is 1. The van der Waals surface area contributed by atoms with E-state index in [0.29, 0.717) is 17.1 Å². The minimum atomic E-state index is -0.749. The number of halogens is 1. The van der Waals surface area contributed by atoms with Crippen molar-refractivity contribution in [2.75, 3.05) is 26.0 Å². The van der Waals surface area contributed by atoms with E-state index in [9.17, 15) is 15.3 Å². The minimum absolute atomic E-state index is 0.0537. The summed E-state index contributed by atoms with van der Waals surface area (Å²) in [7, 11) is 2.07. The normalized spacial score (nSPS) is 17.0. The second kappa shape index (κ2) is 12.7. The molecule has 2 aromatic heterocycles. The van der Waals surface area contributed by atoms with Crippen molar-refractivity contribution in [1.29, 1.82) is 10.5 Å². The van der Waals surface area contributed by atoms with Crippen molar-refractivity contribution in [3.63, 3.8) is 0 Å². The highest BCUT2D eigenvalue weighted by Crippen LogP contribution is 2.44. The second-order valence-corrected chi connectivity index (χ2v) is 12.5. The molecule has 11 heteroatoms. The molecule has 4 heterocycles. The fourth-order valence-electron chi connectivity index (χ4n) is 5.08. The number of benzene rings is 1. The van der Waals surface area contributed by atoms with Gasteiger partial charge in [0, 0.05) is 39.2 Å². The summed E-state index contributed by atoms with van der Waals surface area (Å²) in [6.45, 7) is 3.47. The first-order chi connectivity index (χ1) is 19.9. The molecule has 0 saturated carbocycles. The lowest BCUT2D eigenvalue weighted by molar-refractivity contribution is -0.139. The van der Waals surface area contributed by atoms with Crippen molar-refractivity contribution in [3.05, 3.63) is 90.5 Å². The van der Waals surface area contributed by atoms with Crippen LogP contribution in [0.15, 0.2) is 69.6 Å². The van der Waals surface area contributed by atoms with E-state index in [1.807, 2.05) is 41.8 Å². The number of allylic oxidation sites excluding steroid dienone is 1. The van der Waals surface area contributed by atoms with Crippen LogP contribution in [0, 0.1) is 26.2 Å². The number of carbonyl (C=O) groups is 1. The van der Waals surface area contributed by atoms with Crippen molar-refractivity contribution < 1.29 is 14.3 Å². The summed E-state index contributed by atoms with van der Waals surface area (Å²) in [6, 6.07) is 16.1. The highest BCUT2D eigenvalue weighted by molar-refractivity contribution is 14.1. The number of nitrogens with two attached hydrogens (primary N) is 1. The first kappa shape index (κ1) is 29.1. The molecule has 2 N–H and O–H groups in total. The Bertz CT molecular complexity index is 1650. The van der Waals surface area contributed by atoms with Gasteiger partial charge in [0.05, 0.1) is 29.4 Å². The van der Waals surface area contributed by atoms with Crippen LogP contribution in [0.3, 0.4) is 0 Å². The molecule has 5 rings (SSSR count). The monoisotopic (exact) mass is 695 g/mol. The number of ether oxygens (including phenoxy) is 2. The average molecular weight is 696 g/mol. The molecular weight excluding hydrogens is 669 g/mol. The van der Waals surface area contributed by atoms with Crippen LogP contribution in [0.5, 0.6) is 0 Å². The Hall–Kier alpha value is -3.36. The van der Waals surface area contributed by atoms with E-state index in [2.05, 4.69) is 46.7 Å². The standard InChI is InChI=1S/C30H26IN5O3S2/c1-3-38-30(37)27-23(39-28(34)18(13-32)26(27)17-7-4-5-8-21(17)31)16-41-29-19(14-33)25(24-9-6-12-40-24)20-15-36(2)11-10-22(20)35-29/h4-9,12,26H,3,10-11,15-16,34H2,1-2H3/t26-/m1/s1. The van der Waals surface area contributed by atoms with Gasteiger partial charge in [-0.2, -0.15) is 10.5 Å². The molecule has 0 unspecified atom stereocenters. The van der Waals surface area contributed by atoms with Crippen LogP contribution in [-0.2, 0) is 27.2 Å². The smallest absolute Gasteiger partial charge is 0.338 e. The van der Waals surface area contributed by atoms with Crippen LogP contribution in [0.4, 0.5) is 0 Å². The van der Waals surface area contributed by atoms with Gasteiger partial charge in [-0.25, -0.2) is 9.78 Å². The van der Waals surface area contributed by atoms with Crippen molar-refractivity contribution in [2.45, 2.75) is 30.8 Å². The fourth-order valence-corrected chi connectivity index (χ4v) is 7.54. The van der Waals surface area contributed by atoms with E-state index in [1.165, 1.54) is 11.8 Å². The minimum Gasteiger partial charge on any atom is -0.463 e. The highest BCUT2D eigenvalue weighted by Gasteiger charge is 2.38. The highest BCUT2D eigenvalue weighted by atomic mass is 127. The van der Waals surface area contributed by atoms with E-state index < -0.39 is 11.9 Å². The lowest BCUT2D eigenvalue weighted by Crippen LogP contribution is -2.28. The number of esters is 1. The van der Waals surface area contributed by atoms with Crippen LogP contribution in [-0.4, -0.2) is 41.8 Å². The van der Waals surface area contributed by atoms with Gasteiger partial charge < -0.3 is 20.1 Å². The topological polar surface area (TPSA) is 125 Å². The summed E-state index contributed by atoms with van der Waals surface area (Å²) in [5, 5.41) is 22.9. The van der Waals surface area contributed by atoms with Crippen LogP contribution in [0.25, 0.3) is 10.4 Å². The predicted octanol–water partition coefficient (Wildman–Crippen LogP) is 5.69. The second-order valence-electron chi connectivity index (χ2n) is 9.46. The number of nitriles is 2. The summed E-state index contributed by atoms with van der Waals surface area (Å²) in [6.07, 6.45) is 0.770. The molecule has 208 valence electrons. The Morgan fingerprint density at radius 1 is 1.29 bits per heavy atom. The fraction of sp³-hybridized carbons (Fsp3) is 0.267. The Morgan fingerprint density at radius 2 is 2.10 bits per heavy atom. The molecule has 8 nitrogen and oxygen atoms in total. The molecule has 2 aliphatic rings. The van der Waals surface area contributed by atoms with E-state index in [1.54, 1.807) is 18.3 Å². The van der Waals surface area contributed by atoms with Crippen molar-refractivity contribution in [3.8, 4) is 22.6 Å². The molecule has 0 aliphatic carbocycles. The number of rotatable bonds is 7. The van der Waals surface area contributed by atoms with Gasteiger partial charge in [-0.15, -0.1) is 11.3 Å². The number of thioether (sulfide) groups is 1. The summed E-state index contributed by atoms with van der Waals surface area (Å²) in [5.41, 5.74) is 10.9. The predicted molar refractivity (Wildman–Crippen MR) is 166 cm³/mol. The lowest BCUT2D eigenvalue weighted by atomic mass is 9.83. The lowest BCUT2D eigenvalue weighted by Gasteiger charge is -2.29. The van der Waals surface area contributed by atoms with Crippen LogP contribution in [0.2, 0.25) is 0 Å².